The van der Waals surface area contributed by atoms with Gasteiger partial charge in [-0.25, -0.2) is 0 Å². The lowest BCUT2D eigenvalue weighted by atomic mass is 10.2. The van der Waals surface area contributed by atoms with Crippen LogP contribution in [0.15, 0.2) is 4.99 Å². The van der Waals surface area contributed by atoms with E-state index in [0.29, 0.717) is 5.96 Å². The molecule has 0 amide bonds. The van der Waals surface area contributed by atoms with Crippen molar-refractivity contribution in [1.29, 1.82) is 0 Å². The van der Waals surface area contributed by atoms with Gasteiger partial charge in [-0.2, -0.15) is 0 Å². The van der Waals surface area contributed by atoms with Gasteiger partial charge in [0.1, 0.15) is 0 Å². The van der Waals surface area contributed by atoms with E-state index < -0.39 is 0 Å². The molecule has 0 spiro atoms. The second-order valence-corrected chi connectivity index (χ2v) is 4.77. The van der Waals surface area contributed by atoms with Gasteiger partial charge in [0.2, 0.25) is 0 Å². The number of hydrogen-bond donors (Lipinski definition) is 2. The van der Waals surface area contributed by atoms with Crippen molar-refractivity contribution >= 4 is 29.9 Å². The van der Waals surface area contributed by atoms with Crippen LogP contribution in [0.1, 0.15) is 45.4 Å². The summed E-state index contributed by atoms with van der Waals surface area (Å²) in [5, 5.41) is 3.07. The van der Waals surface area contributed by atoms with Crippen LogP contribution in [0.5, 0.6) is 0 Å². The number of aliphatic imine (C=N–C) groups is 1. The number of hydrogen-bond acceptors (Lipinski definition) is 2. The van der Waals surface area contributed by atoms with Crippen LogP contribution in [0.3, 0.4) is 0 Å². The van der Waals surface area contributed by atoms with Crippen molar-refractivity contribution in [2.45, 2.75) is 45.4 Å². The Morgan fingerprint density at radius 3 is 2.78 bits per heavy atom. The van der Waals surface area contributed by atoms with Crippen LogP contribution in [-0.4, -0.2) is 32.3 Å². The lowest BCUT2D eigenvalue weighted by molar-refractivity contribution is 0.129. The Morgan fingerprint density at radius 2 is 2.11 bits per heavy atom. The molecule has 108 valence electrons. The summed E-state index contributed by atoms with van der Waals surface area (Å²) >= 11 is 0. The Hall–Kier alpha value is -0.0400. The summed E-state index contributed by atoms with van der Waals surface area (Å²) in [7, 11) is 0. The molecule has 0 aliphatic heterocycles. The molecule has 1 fully saturated rings. The molecule has 0 atom stereocenters. The molecular weight excluding hydrogens is 341 g/mol. The molecule has 0 unspecified atom stereocenters. The van der Waals surface area contributed by atoms with E-state index >= 15 is 0 Å². The summed E-state index contributed by atoms with van der Waals surface area (Å²) in [6, 6.07) is 0. The minimum Gasteiger partial charge on any atom is -0.379 e. The van der Waals surface area contributed by atoms with Gasteiger partial charge in [-0.1, -0.05) is 26.2 Å². The zero-order valence-electron chi connectivity index (χ0n) is 11.5. The van der Waals surface area contributed by atoms with Gasteiger partial charge in [0, 0.05) is 19.7 Å². The summed E-state index contributed by atoms with van der Waals surface area (Å²) in [5.41, 5.74) is 5.73. The average Bonchev–Trinajstić information content (AvgIpc) is 3.12. The zero-order chi connectivity index (χ0) is 12.3. The van der Waals surface area contributed by atoms with Crippen molar-refractivity contribution < 1.29 is 4.74 Å². The smallest absolute Gasteiger partial charge is 0.188 e. The second kappa shape index (κ2) is 12.0. The van der Waals surface area contributed by atoms with Crippen molar-refractivity contribution in [3.05, 3.63) is 0 Å². The highest BCUT2D eigenvalue weighted by molar-refractivity contribution is 14.0. The topological polar surface area (TPSA) is 59.6 Å². The first-order chi connectivity index (χ1) is 8.33. The Balaban J connectivity index is 0.00000289. The number of nitrogens with one attached hydrogen (secondary N) is 1. The maximum absolute atomic E-state index is 5.73. The summed E-state index contributed by atoms with van der Waals surface area (Å²) in [6.45, 7) is 5.44. The summed E-state index contributed by atoms with van der Waals surface area (Å²) < 4.78 is 5.49. The van der Waals surface area contributed by atoms with Crippen molar-refractivity contribution in [1.82, 2.24) is 5.32 Å². The Kier molecular flexibility index (Phi) is 12.0. The highest BCUT2D eigenvalue weighted by atomic mass is 127. The number of ether oxygens (including phenoxy) is 1. The Morgan fingerprint density at radius 1 is 1.33 bits per heavy atom. The standard InChI is InChI=1S/C13H27N3O.HI/c1-2-3-4-5-8-15-13(14)16-9-10-17-11-12-6-7-12;/h12H,2-11H2,1H3,(H3,14,15,16);1H. The van der Waals surface area contributed by atoms with E-state index in [2.05, 4.69) is 17.2 Å². The fourth-order valence-electron chi connectivity index (χ4n) is 1.58. The third-order valence-corrected chi connectivity index (χ3v) is 2.90. The molecule has 5 heteroatoms. The Labute approximate surface area is 128 Å². The predicted octanol–water partition coefficient (Wildman–Crippen LogP) is 2.52. The monoisotopic (exact) mass is 369 g/mol. The molecule has 0 aromatic carbocycles. The third kappa shape index (κ3) is 11.1. The van der Waals surface area contributed by atoms with Crippen LogP contribution < -0.4 is 11.1 Å². The highest BCUT2D eigenvalue weighted by Gasteiger charge is 2.20. The number of nitrogens with zero attached hydrogens (tertiary/aromatic N) is 1. The summed E-state index contributed by atoms with van der Waals surface area (Å²) in [5.74, 6) is 1.39. The van der Waals surface area contributed by atoms with Gasteiger partial charge in [0.15, 0.2) is 5.96 Å². The van der Waals surface area contributed by atoms with Gasteiger partial charge in [0.25, 0.3) is 0 Å². The fourth-order valence-corrected chi connectivity index (χ4v) is 1.58. The van der Waals surface area contributed by atoms with E-state index in [0.717, 1.165) is 38.6 Å². The molecular formula is C13H28IN3O. The van der Waals surface area contributed by atoms with E-state index in [4.69, 9.17) is 10.5 Å². The molecule has 0 aromatic heterocycles. The normalized spacial score (nSPS) is 15.3. The molecule has 0 radical (unpaired) electrons. The minimum atomic E-state index is 0. The maximum Gasteiger partial charge on any atom is 0.188 e. The van der Waals surface area contributed by atoms with Gasteiger partial charge in [0.05, 0.1) is 6.61 Å². The van der Waals surface area contributed by atoms with Gasteiger partial charge >= 0.3 is 0 Å². The molecule has 1 aliphatic carbocycles. The number of halogens is 1. The fraction of sp³-hybridized carbons (Fsp3) is 0.923. The van der Waals surface area contributed by atoms with Crippen LogP contribution in [0.25, 0.3) is 0 Å². The highest BCUT2D eigenvalue weighted by Crippen LogP contribution is 2.28. The van der Waals surface area contributed by atoms with Crippen LogP contribution in [0.2, 0.25) is 0 Å². The van der Waals surface area contributed by atoms with E-state index in [-0.39, 0.29) is 24.0 Å². The van der Waals surface area contributed by atoms with E-state index in [1.54, 1.807) is 0 Å². The minimum absolute atomic E-state index is 0. The van der Waals surface area contributed by atoms with E-state index in [1.807, 2.05) is 0 Å². The molecule has 1 saturated carbocycles. The lowest BCUT2D eigenvalue weighted by Crippen LogP contribution is -2.34. The molecule has 0 bridgehead atoms. The molecule has 18 heavy (non-hydrogen) atoms. The van der Waals surface area contributed by atoms with Gasteiger partial charge < -0.3 is 15.8 Å². The quantitative estimate of drug-likeness (QED) is 0.269. The molecule has 1 rings (SSSR count). The van der Waals surface area contributed by atoms with Crippen molar-refractivity contribution in [3.63, 3.8) is 0 Å². The van der Waals surface area contributed by atoms with E-state index in [1.165, 1.54) is 32.1 Å². The number of guanidine groups is 1. The maximum atomic E-state index is 5.73. The first-order valence-corrected chi connectivity index (χ1v) is 6.94. The van der Waals surface area contributed by atoms with Gasteiger partial charge in [-0.05, 0) is 25.2 Å². The van der Waals surface area contributed by atoms with Crippen LogP contribution in [-0.2, 0) is 4.74 Å². The Bertz CT molecular complexity index is 220. The number of rotatable bonds is 10. The second-order valence-electron chi connectivity index (χ2n) is 4.77. The molecule has 3 N–H and O–H groups in total. The van der Waals surface area contributed by atoms with Gasteiger partial charge in [-0.15, -0.1) is 24.0 Å². The van der Waals surface area contributed by atoms with Crippen molar-refractivity contribution in [2.24, 2.45) is 16.6 Å². The zero-order valence-corrected chi connectivity index (χ0v) is 13.8. The van der Waals surface area contributed by atoms with Crippen molar-refractivity contribution in [2.75, 3.05) is 26.3 Å². The van der Waals surface area contributed by atoms with Gasteiger partial charge in [-0.3, -0.25) is 4.99 Å². The number of unbranched alkanes of at least 4 members (excludes halogenated alkanes) is 3. The average molecular weight is 369 g/mol. The summed E-state index contributed by atoms with van der Waals surface area (Å²) in [4.78, 5) is 4.27. The first kappa shape index (κ1) is 18.0. The SMILES string of the molecule is CCCCCCN=C(N)NCCOCC1CC1.I. The molecule has 0 saturated heterocycles. The molecule has 1 aliphatic rings. The van der Waals surface area contributed by atoms with Crippen LogP contribution in [0, 0.1) is 5.92 Å². The lowest BCUT2D eigenvalue weighted by Gasteiger charge is -2.06. The van der Waals surface area contributed by atoms with Crippen molar-refractivity contribution in [3.8, 4) is 0 Å². The number of nitrogens with two attached hydrogens (primary N) is 1. The largest absolute Gasteiger partial charge is 0.379 e. The van der Waals surface area contributed by atoms with E-state index in [9.17, 15) is 0 Å². The first-order valence-electron chi connectivity index (χ1n) is 6.94. The third-order valence-electron chi connectivity index (χ3n) is 2.90. The van der Waals surface area contributed by atoms with Crippen LogP contribution >= 0.6 is 24.0 Å². The van der Waals surface area contributed by atoms with Crippen LogP contribution in [0.4, 0.5) is 0 Å². The molecule has 0 aromatic rings. The predicted molar refractivity (Wildman–Crippen MR) is 87.6 cm³/mol. The molecule has 4 nitrogen and oxygen atoms in total. The molecule has 0 heterocycles. The summed E-state index contributed by atoms with van der Waals surface area (Å²) in [6.07, 6.45) is 7.61.